The standard InChI is InChI=1S/C26H25Cl2N3O5S/c27-21-7-4-8-22(26(21)28)31(37(33,34)20-5-2-1-3-6-20)17-25(32)30-13-11-29(12-14-30)16-19-9-10-23-24(15-19)36-18-35-23/h1-10,15H,11-14,16-18H2. The Morgan fingerprint density at radius 3 is 2.38 bits per heavy atom. The van der Waals surface area contributed by atoms with Crippen molar-refractivity contribution in [1.82, 2.24) is 9.80 Å². The smallest absolute Gasteiger partial charge is 0.264 e. The molecule has 11 heteroatoms. The quantitative estimate of drug-likeness (QED) is 0.428. The van der Waals surface area contributed by atoms with Crippen molar-refractivity contribution in [3.63, 3.8) is 0 Å². The molecule has 0 saturated carbocycles. The molecular weight excluding hydrogens is 537 g/mol. The van der Waals surface area contributed by atoms with Crippen LogP contribution in [0.25, 0.3) is 0 Å². The molecule has 0 aromatic heterocycles. The van der Waals surface area contributed by atoms with E-state index in [4.69, 9.17) is 32.7 Å². The van der Waals surface area contributed by atoms with Crippen molar-refractivity contribution in [2.45, 2.75) is 11.4 Å². The number of rotatable bonds is 7. The first-order chi connectivity index (χ1) is 17.8. The molecule has 1 amide bonds. The highest BCUT2D eigenvalue weighted by Crippen LogP contribution is 2.36. The van der Waals surface area contributed by atoms with Crippen molar-refractivity contribution < 1.29 is 22.7 Å². The maximum Gasteiger partial charge on any atom is 0.264 e. The number of amides is 1. The van der Waals surface area contributed by atoms with Crippen molar-refractivity contribution in [3.05, 3.63) is 82.3 Å². The van der Waals surface area contributed by atoms with Gasteiger partial charge < -0.3 is 14.4 Å². The zero-order chi connectivity index (χ0) is 26.0. The number of ether oxygens (including phenoxy) is 2. The van der Waals surface area contributed by atoms with Crippen molar-refractivity contribution in [1.29, 1.82) is 0 Å². The molecule has 1 saturated heterocycles. The first-order valence-corrected chi connectivity index (χ1v) is 13.9. The summed E-state index contributed by atoms with van der Waals surface area (Å²) in [6.45, 7) is 2.83. The van der Waals surface area contributed by atoms with Crippen LogP contribution in [0.2, 0.25) is 10.0 Å². The van der Waals surface area contributed by atoms with Crippen LogP contribution in [0.3, 0.4) is 0 Å². The number of benzene rings is 3. The van der Waals surface area contributed by atoms with E-state index in [1.807, 2.05) is 18.2 Å². The Morgan fingerprint density at radius 1 is 0.892 bits per heavy atom. The fourth-order valence-corrected chi connectivity index (χ4v) is 6.27. The highest BCUT2D eigenvalue weighted by molar-refractivity contribution is 7.92. The van der Waals surface area contributed by atoms with E-state index in [-0.39, 0.29) is 39.9 Å². The van der Waals surface area contributed by atoms with E-state index in [2.05, 4.69) is 4.90 Å². The fraction of sp³-hybridized carbons (Fsp3) is 0.269. The maximum atomic E-state index is 13.6. The second kappa shape index (κ2) is 10.8. The molecule has 0 bridgehead atoms. The van der Waals surface area contributed by atoms with Crippen LogP contribution in [-0.4, -0.2) is 63.6 Å². The normalized spacial score (nSPS) is 15.6. The summed E-state index contributed by atoms with van der Waals surface area (Å²) in [7, 11) is -4.07. The summed E-state index contributed by atoms with van der Waals surface area (Å²) in [6.07, 6.45) is 0. The Labute approximate surface area is 225 Å². The number of hydrogen-bond acceptors (Lipinski definition) is 6. The predicted molar refractivity (Wildman–Crippen MR) is 142 cm³/mol. The Morgan fingerprint density at radius 2 is 1.62 bits per heavy atom. The second-order valence-corrected chi connectivity index (χ2v) is 11.4. The topological polar surface area (TPSA) is 79.4 Å². The Balaban J connectivity index is 1.29. The Hall–Kier alpha value is -2.98. The zero-order valence-electron chi connectivity index (χ0n) is 19.8. The van der Waals surface area contributed by atoms with E-state index in [1.165, 1.54) is 12.1 Å². The van der Waals surface area contributed by atoms with E-state index < -0.39 is 10.0 Å². The van der Waals surface area contributed by atoms with Crippen LogP contribution < -0.4 is 13.8 Å². The third-order valence-corrected chi connectivity index (χ3v) is 8.96. The van der Waals surface area contributed by atoms with Crippen LogP contribution in [0.1, 0.15) is 5.56 Å². The summed E-state index contributed by atoms with van der Waals surface area (Å²) in [5, 5.41) is 0.280. The molecular formula is C26H25Cl2N3O5S. The lowest BCUT2D eigenvalue weighted by Gasteiger charge is -2.36. The number of carbonyl (C=O) groups is 1. The lowest BCUT2D eigenvalue weighted by atomic mass is 10.1. The molecule has 0 spiro atoms. The molecule has 0 aliphatic carbocycles. The van der Waals surface area contributed by atoms with E-state index >= 15 is 0 Å². The highest BCUT2D eigenvalue weighted by atomic mass is 35.5. The van der Waals surface area contributed by atoms with Crippen LogP contribution in [-0.2, 0) is 21.4 Å². The van der Waals surface area contributed by atoms with Crippen LogP contribution in [0.5, 0.6) is 11.5 Å². The molecule has 1 fully saturated rings. The lowest BCUT2D eigenvalue weighted by molar-refractivity contribution is -0.131. The number of fused-ring (bicyclic) bond motifs is 1. The van der Waals surface area contributed by atoms with Gasteiger partial charge in [-0.15, -0.1) is 0 Å². The number of hydrogen-bond donors (Lipinski definition) is 0. The fourth-order valence-electron chi connectivity index (χ4n) is 4.38. The van der Waals surface area contributed by atoms with Gasteiger partial charge in [0.2, 0.25) is 12.7 Å². The monoisotopic (exact) mass is 561 g/mol. The number of piperazine rings is 1. The number of halogens is 2. The van der Waals surface area contributed by atoms with E-state index in [9.17, 15) is 13.2 Å². The van der Waals surface area contributed by atoms with Gasteiger partial charge in [-0.05, 0) is 42.0 Å². The molecule has 0 atom stereocenters. The van der Waals surface area contributed by atoms with Gasteiger partial charge in [0.05, 0.1) is 20.6 Å². The number of nitrogens with zero attached hydrogens (tertiary/aromatic N) is 3. The highest BCUT2D eigenvalue weighted by Gasteiger charge is 2.32. The van der Waals surface area contributed by atoms with Gasteiger partial charge in [-0.2, -0.15) is 0 Å². The van der Waals surface area contributed by atoms with E-state index in [0.717, 1.165) is 21.4 Å². The summed E-state index contributed by atoms with van der Waals surface area (Å²) in [4.78, 5) is 17.3. The number of anilines is 1. The minimum atomic E-state index is -4.07. The van der Waals surface area contributed by atoms with Gasteiger partial charge in [0.15, 0.2) is 11.5 Å². The van der Waals surface area contributed by atoms with Gasteiger partial charge in [-0.25, -0.2) is 8.42 Å². The van der Waals surface area contributed by atoms with Gasteiger partial charge in [0.1, 0.15) is 6.54 Å². The molecule has 2 heterocycles. The summed E-state index contributed by atoms with van der Waals surface area (Å²) >= 11 is 12.6. The minimum Gasteiger partial charge on any atom is -0.454 e. The molecule has 0 radical (unpaired) electrons. The molecule has 0 N–H and O–H groups in total. The van der Waals surface area contributed by atoms with E-state index in [1.54, 1.807) is 41.3 Å². The van der Waals surface area contributed by atoms with Crippen molar-refractivity contribution >= 4 is 44.8 Å². The van der Waals surface area contributed by atoms with Crippen molar-refractivity contribution in [3.8, 4) is 11.5 Å². The predicted octanol–water partition coefficient (Wildman–Crippen LogP) is 4.26. The average Bonchev–Trinajstić information content (AvgIpc) is 3.38. The zero-order valence-corrected chi connectivity index (χ0v) is 22.2. The molecule has 2 aliphatic rings. The van der Waals surface area contributed by atoms with Crippen LogP contribution in [0.4, 0.5) is 5.69 Å². The second-order valence-electron chi connectivity index (χ2n) is 8.74. The van der Waals surface area contributed by atoms with Gasteiger partial charge in [0, 0.05) is 32.7 Å². The third-order valence-electron chi connectivity index (χ3n) is 6.38. The summed E-state index contributed by atoms with van der Waals surface area (Å²) < 4.78 is 39.0. The van der Waals surface area contributed by atoms with Crippen LogP contribution >= 0.6 is 23.2 Å². The Bertz CT molecular complexity index is 1400. The summed E-state index contributed by atoms with van der Waals surface area (Å²) in [5.41, 5.74) is 1.26. The van der Waals surface area contributed by atoms with Crippen LogP contribution in [0.15, 0.2) is 71.6 Å². The van der Waals surface area contributed by atoms with Gasteiger partial charge in [0.25, 0.3) is 10.0 Å². The Kier molecular flexibility index (Phi) is 7.48. The molecule has 0 unspecified atom stereocenters. The average molecular weight is 562 g/mol. The molecule has 8 nitrogen and oxygen atoms in total. The van der Waals surface area contributed by atoms with Gasteiger partial charge >= 0.3 is 0 Å². The first-order valence-electron chi connectivity index (χ1n) is 11.7. The summed E-state index contributed by atoms with van der Waals surface area (Å²) in [5.74, 6) is 1.18. The largest absolute Gasteiger partial charge is 0.454 e. The molecule has 3 aromatic carbocycles. The van der Waals surface area contributed by atoms with E-state index in [0.29, 0.717) is 32.7 Å². The maximum absolute atomic E-state index is 13.6. The molecule has 5 rings (SSSR count). The third kappa shape index (κ3) is 5.50. The number of carbonyl (C=O) groups excluding carboxylic acids is 1. The van der Waals surface area contributed by atoms with Crippen LogP contribution in [0, 0.1) is 0 Å². The summed E-state index contributed by atoms with van der Waals surface area (Å²) in [6, 6.07) is 18.6. The molecule has 194 valence electrons. The van der Waals surface area contributed by atoms with Crippen molar-refractivity contribution in [2.75, 3.05) is 43.8 Å². The SMILES string of the molecule is O=C(CN(c1cccc(Cl)c1Cl)S(=O)(=O)c1ccccc1)N1CCN(Cc2ccc3c(c2)OCO3)CC1. The first kappa shape index (κ1) is 25.7. The molecule has 2 aliphatic heterocycles. The van der Waals surface area contributed by atoms with Gasteiger partial charge in [-0.3, -0.25) is 14.0 Å². The lowest BCUT2D eigenvalue weighted by Crippen LogP contribution is -2.51. The molecule has 37 heavy (non-hydrogen) atoms. The number of sulfonamides is 1. The molecule has 3 aromatic rings. The minimum absolute atomic E-state index is 0.0624. The van der Waals surface area contributed by atoms with Crippen molar-refractivity contribution in [2.24, 2.45) is 0 Å². The van der Waals surface area contributed by atoms with Gasteiger partial charge in [-0.1, -0.05) is 53.5 Å².